The largest absolute Gasteiger partial charge is 0.396 e. The fourth-order valence-corrected chi connectivity index (χ4v) is 1.70. The third-order valence-corrected chi connectivity index (χ3v) is 2.54. The van der Waals surface area contributed by atoms with Gasteiger partial charge in [0.2, 0.25) is 5.95 Å². The van der Waals surface area contributed by atoms with Crippen molar-refractivity contribution in [3.05, 3.63) is 12.4 Å². The average Bonchev–Trinajstić information content (AvgIpc) is 2.19. The van der Waals surface area contributed by atoms with Crippen LogP contribution in [-0.2, 0) is 4.74 Å². The van der Waals surface area contributed by atoms with Crippen LogP contribution in [0.15, 0.2) is 12.4 Å². The van der Waals surface area contributed by atoms with Crippen LogP contribution in [0.2, 0.25) is 0 Å². The quantitative estimate of drug-likeness (QED) is 0.735. The molecule has 0 aromatic carbocycles. The molecule has 1 aliphatic rings. The van der Waals surface area contributed by atoms with E-state index in [9.17, 15) is 0 Å². The molecule has 1 aromatic rings. The topological polar surface area (TPSA) is 64.3 Å². The Morgan fingerprint density at radius 2 is 2.07 bits per heavy atom. The molecule has 15 heavy (non-hydrogen) atoms. The third kappa shape index (κ3) is 2.02. The molecule has 5 nitrogen and oxygen atoms in total. The maximum atomic E-state index is 5.56. The zero-order valence-corrected chi connectivity index (χ0v) is 9.10. The molecule has 1 saturated heterocycles. The number of hydrogen-bond acceptors (Lipinski definition) is 5. The van der Waals surface area contributed by atoms with Gasteiger partial charge in [-0.2, -0.15) is 0 Å². The molecule has 1 fully saturated rings. The molecule has 0 spiro atoms. The van der Waals surface area contributed by atoms with Crippen LogP contribution in [0.25, 0.3) is 0 Å². The number of nitrogen functional groups attached to an aromatic ring is 1. The van der Waals surface area contributed by atoms with Crippen molar-refractivity contribution in [2.24, 2.45) is 0 Å². The highest BCUT2D eigenvalue weighted by molar-refractivity contribution is 5.40. The predicted molar refractivity (Wildman–Crippen MR) is 58.7 cm³/mol. The van der Waals surface area contributed by atoms with Crippen LogP contribution < -0.4 is 10.6 Å². The van der Waals surface area contributed by atoms with E-state index in [1.54, 1.807) is 12.4 Å². The lowest BCUT2D eigenvalue weighted by atomic mass is 10.0. The fourth-order valence-electron chi connectivity index (χ4n) is 1.70. The number of aromatic nitrogens is 2. The smallest absolute Gasteiger partial charge is 0.225 e. The molecule has 0 atom stereocenters. The van der Waals surface area contributed by atoms with Crippen LogP contribution in [0.1, 0.15) is 13.8 Å². The highest BCUT2D eigenvalue weighted by Gasteiger charge is 2.32. The van der Waals surface area contributed by atoms with Gasteiger partial charge < -0.3 is 15.4 Å². The van der Waals surface area contributed by atoms with Crippen LogP contribution in [0.4, 0.5) is 11.6 Å². The van der Waals surface area contributed by atoms with Crippen LogP contribution in [0, 0.1) is 0 Å². The maximum absolute atomic E-state index is 5.56. The van der Waals surface area contributed by atoms with Crippen molar-refractivity contribution in [1.29, 1.82) is 0 Å². The van der Waals surface area contributed by atoms with Crippen LogP contribution >= 0.6 is 0 Å². The molecular weight excluding hydrogens is 192 g/mol. The Bertz CT molecular complexity index is 336. The average molecular weight is 208 g/mol. The summed E-state index contributed by atoms with van der Waals surface area (Å²) in [6.07, 6.45) is 3.27. The Morgan fingerprint density at radius 3 is 2.67 bits per heavy atom. The van der Waals surface area contributed by atoms with E-state index in [0.717, 1.165) is 19.1 Å². The first-order valence-corrected chi connectivity index (χ1v) is 5.02. The van der Waals surface area contributed by atoms with Crippen molar-refractivity contribution >= 4 is 11.6 Å². The lowest BCUT2D eigenvalue weighted by Crippen LogP contribution is -2.53. The molecule has 1 aliphatic heterocycles. The van der Waals surface area contributed by atoms with Crippen molar-refractivity contribution in [2.75, 3.05) is 30.4 Å². The van der Waals surface area contributed by atoms with E-state index in [4.69, 9.17) is 10.5 Å². The lowest BCUT2D eigenvalue weighted by molar-refractivity contribution is 0.0634. The molecule has 0 radical (unpaired) electrons. The summed E-state index contributed by atoms with van der Waals surface area (Å²) in [5, 5.41) is 0. The van der Waals surface area contributed by atoms with Crippen molar-refractivity contribution < 1.29 is 4.74 Å². The molecule has 0 saturated carbocycles. The Balaban J connectivity index is 2.25. The van der Waals surface area contributed by atoms with Gasteiger partial charge in [-0.3, -0.25) is 0 Å². The summed E-state index contributed by atoms with van der Waals surface area (Å²) < 4.78 is 5.44. The van der Waals surface area contributed by atoms with Crippen molar-refractivity contribution in [2.45, 2.75) is 19.4 Å². The molecule has 0 bridgehead atoms. The SMILES string of the molecule is CC1(C)COCCN1c1ncc(N)cn1. The maximum Gasteiger partial charge on any atom is 0.225 e. The van der Waals surface area contributed by atoms with Crippen molar-refractivity contribution in [3.8, 4) is 0 Å². The first-order chi connectivity index (χ1) is 7.09. The van der Waals surface area contributed by atoms with Crippen molar-refractivity contribution in [1.82, 2.24) is 9.97 Å². The Labute approximate surface area is 89.3 Å². The summed E-state index contributed by atoms with van der Waals surface area (Å²) in [6.45, 7) is 6.46. The summed E-state index contributed by atoms with van der Waals surface area (Å²) in [6, 6.07) is 0. The summed E-state index contributed by atoms with van der Waals surface area (Å²) in [5.41, 5.74) is 6.08. The van der Waals surface area contributed by atoms with E-state index in [-0.39, 0.29) is 5.54 Å². The summed E-state index contributed by atoms with van der Waals surface area (Å²) in [7, 11) is 0. The van der Waals surface area contributed by atoms with Gasteiger partial charge in [0, 0.05) is 6.54 Å². The molecule has 1 aromatic heterocycles. The lowest BCUT2D eigenvalue weighted by Gasteiger charge is -2.42. The Morgan fingerprint density at radius 1 is 1.40 bits per heavy atom. The van der Waals surface area contributed by atoms with E-state index in [0.29, 0.717) is 12.3 Å². The van der Waals surface area contributed by atoms with E-state index in [2.05, 4.69) is 28.7 Å². The highest BCUT2D eigenvalue weighted by atomic mass is 16.5. The monoisotopic (exact) mass is 208 g/mol. The molecule has 5 heteroatoms. The molecule has 2 rings (SSSR count). The van der Waals surface area contributed by atoms with Crippen LogP contribution in [0.3, 0.4) is 0 Å². The minimum absolute atomic E-state index is 0.0611. The summed E-state index contributed by atoms with van der Waals surface area (Å²) >= 11 is 0. The van der Waals surface area contributed by atoms with E-state index >= 15 is 0 Å². The molecular formula is C10H16N4O. The summed E-state index contributed by atoms with van der Waals surface area (Å²) in [5.74, 6) is 0.720. The minimum atomic E-state index is -0.0611. The van der Waals surface area contributed by atoms with Crippen molar-refractivity contribution in [3.63, 3.8) is 0 Å². The molecule has 2 heterocycles. The van der Waals surface area contributed by atoms with Crippen LogP contribution in [0.5, 0.6) is 0 Å². The van der Waals surface area contributed by atoms with Gasteiger partial charge in [-0.05, 0) is 13.8 Å². The minimum Gasteiger partial charge on any atom is -0.396 e. The van der Waals surface area contributed by atoms with Gasteiger partial charge in [0.25, 0.3) is 0 Å². The second-order valence-corrected chi connectivity index (χ2v) is 4.33. The van der Waals surface area contributed by atoms with Gasteiger partial charge in [0.15, 0.2) is 0 Å². The number of nitrogens with two attached hydrogens (primary N) is 1. The Hall–Kier alpha value is -1.36. The van der Waals surface area contributed by atoms with Gasteiger partial charge in [-0.1, -0.05) is 0 Å². The van der Waals surface area contributed by atoms with Crippen LogP contribution in [-0.4, -0.2) is 35.3 Å². The fraction of sp³-hybridized carbons (Fsp3) is 0.600. The molecule has 0 unspecified atom stereocenters. The van der Waals surface area contributed by atoms with E-state index < -0.39 is 0 Å². The standard InChI is InChI=1S/C10H16N4O/c1-10(2)7-15-4-3-14(10)9-12-5-8(11)6-13-9/h5-6H,3-4,7,11H2,1-2H3. The first-order valence-electron chi connectivity index (χ1n) is 5.02. The third-order valence-electron chi connectivity index (χ3n) is 2.54. The molecule has 0 amide bonds. The number of morpholine rings is 1. The summed E-state index contributed by atoms with van der Waals surface area (Å²) in [4.78, 5) is 10.6. The molecule has 82 valence electrons. The molecule has 0 aliphatic carbocycles. The number of rotatable bonds is 1. The van der Waals surface area contributed by atoms with Gasteiger partial charge in [0.1, 0.15) is 0 Å². The van der Waals surface area contributed by atoms with Gasteiger partial charge >= 0.3 is 0 Å². The van der Waals surface area contributed by atoms with Gasteiger partial charge in [-0.15, -0.1) is 0 Å². The van der Waals surface area contributed by atoms with Gasteiger partial charge in [-0.25, -0.2) is 9.97 Å². The number of ether oxygens (including phenoxy) is 1. The molecule has 2 N–H and O–H groups in total. The predicted octanol–water partition coefficient (Wildman–Crippen LogP) is 0.674. The first kappa shape index (κ1) is 10.2. The second-order valence-electron chi connectivity index (χ2n) is 4.33. The van der Waals surface area contributed by atoms with E-state index in [1.165, 1.54) is 0 Å². The number of anilines is 2. The van der Waals surface area contributed by atoms with E-state index in [1.807, 2.05) is 0 Å². The second kappa shape index (κ2) is 3.66. The highest BCUT2D eigenvalue weighted by Crippen LogP contribution is 2.23. The number of nitrogens with zero attached hydrogens (tertiary/aromatic N) is 3. The van der Waals surface area contributed by atoms with Gasteiger partial charge in [0.05, 0.1) is 36.8 Å². The normalized spacial score (nSPS) is 20.3. The zero-order valence-electron chi connectivity index (χ0n) is 9.10. The number of hydrogen-bond donors (Lipinski definition) is 1. The zero-order chi connectivity index (χ0) is 10.9. The Kier molecular flexibility index (Phi) is 2.48.